The molecule has 0 unspecified atom stereocenters. The summed E-state index contributed by atoms with van der Waals surface area (Å²) in [5.74, 6) is -0.557. The molecule has 0 aliphatic carbocycles. The first kappa shape index (κ1) is 19.9. The largest absolute Gasteiger partial charge is 0.436 e. The summed E-state index contributed by atoms with van der Waals surface area (Å²) in [7, 11) is 1.49. The van der Waals surface area contributed by atoms with E-state index in [0.29, 0.717) is 4.47 Å². The first-order chi connectivity index (χ1) is 12.3. The predicted octanol–water partition coefficient (Wildman–Crippen LogP) is 2.35. The van der Waals surface area contributed by atoms with Crippen LogP contribution in [0.1, 0.15) is 5.56 Å². The summed E-state index contributed by atoms with van der Waals surface area (Å²) in [6.45, 7) is 1.12. The summed E-state index contributed by atoms with van der Waals surface area (Å²) in [4.78, 5) is 28.6. The lowest BCUT2D eigenvalue weighted by atomic mass is 10.2. The molecule has 0 atom stereocenters. The number of nitrogens with zero attached hydrogens (tertiary/aromatic N) is 1. The van der Waals surface area contributed by atoms with Crippen LogP contribution in [0.25, 0.3) is 0 Å². The third-order valence-electron chi connectivity index (χ3n) is 3.32. The quantitative estimate of drug-likeness (QED) is 0.481. The Kier molecular flexibility index (Phi) is 6.72. The second-order valence-corrected chi connectivity index (χ2v) is 6.14. The first-order valence-corrected chi connectivity index (χ1v) is 8.25. The molecular weight excluding hydrogens is 413 g/mol. The molecular formula is C16H17BrFN3O5. The number of halogens is 2. The van der Waals surface area contributed by atoms with Crippen LogP contribution in [-0.2, 0) is 11.9 Å². The molecule has 0 aliphatic heterocycles. The first-order valence-electron chi connectivity index (χ1n) is 7.46. The van der Waals surface area contributed by atoms with Crippen LogP contribution < -0.4 is 21.1 Å². The highest BCUT2D eigenvalue weighted by Crippen LogP contribution is 2.31. The van der Waals surface area contributed by atoms with E-state index in [2.05, 4.69) is 26.1 Å². The summed E-state index contributed by atoms with van der Waals surface area (Å²) in [5.41, 5.74) is 2.12. The molecule has 1 aromatic carbocycles. The number of ether oxygens (including phenoxy) is 1. The van der Waals surface area contributed by atoms with Crippen molar-refractivity contribution < 1.29 is 23.9 Å². The average molecular weight is 430 g/mol. The number of aliphatic hydroxyl groups excluding tert-OH is 1. The maximum Gasteiger partial charge on any atom is 0.436 e. The van der Waals surface area contributed by atoms with Crippen molar-refractivity contribution in [1.29, 1.82) is 0 Å². The van der Waals surface area contributed by atoms with E-state index in [0.717, 1.165) is 0 Å². The van der Waals surface area contributed by atoms with Crippen LogP contribution in [0, 0.1) is 12.7 Å². The molecule has 0 spiro atoms. The number of nitrogens with one attached hydrogen (secondary N) is 2. The summed E-state index contributed by atoms with van der Waals surface area (Å²) in [5, 5.41) is 11.4. The summed E-state index contributed by atoms with van der Waals surface area (Å²) in [6, 6.07) is 4.36. The number of amides is 1. The molecule has 2 rings (SSSR count). The van der Waals surface area contributed by atoms with Crippen molar-refractivity contribution in [2.24, 2.45) is 7.05 Å². The minimum absolute atomic E-state index is 0.00276. The van der Waals surface area contributed by atoms with E-state index >= 15 is 0 Å². The molecule has 8 nitrogen and oxygen atoms in total. The van der Waals surface area contributed by atoms with Crippen LogP contribution in [0.15, 0.2) is 33.7 Å². The van der Waals surface area contributed by atoms with Gasteiger partial charge in [-0.3, -0.25) is 9.63 Å². The predicted molar refractivity (Wildman–Crippen MR) is 96.0 cm³/mol. The number of hydrogen-bond acceptors (Lipinski definition) is 6. The molecule has 0 aliphatic rings. The average Bonchev–Trinajstić information content (AvgIpc) is 2.58. The number of carbonyl (C=O) groups is 1. The van der Waals surface area contributed by atoms with Crippen molar-refractivity contribution in [1.82, 2.24) is 10.0 Å². The fraction of sp³-hybridized carbons (Fsp3) is 0.250. The van der Waals surface area contributed by atoms with Crippen molar-refractivity contribution in [2.75, 3.05) is 18.5 Å². The SMILES string of the molecule is Cc1c(Nc2ccc(Br)cc2F)c(OC(=O)NOCCO)cn(C)c1=O. The van der Waals surface area contributed by atoms with E-state index in [4.69, 9.17) is 9.84 Å². The molecule has 0 bridgehead atoms. The van der Waals surface area contributed by atoms with Gasteiger partial charge in [-0.05, 0) is 25.1 Å². The molecule has 0 saturated carbocycles. The summed E-state index contributed by atoms with van der Waals surface area (Å²) >= 11 is 3.16. The number of aliphatic hydroxyl groups is 1. The van der Waals surface area contributed by atoms with Gasteiger partial charge in [0, 0.05) is 17.1 Å². The van der Waals surface area contributed by atoms with E-state index < -0.39 is 11.9 Å². The van der Waals surface area contributed by atoms with Gasteiger partial charge in [-0.15, -0.1) is 0 Å². The standard InChI is InChI=1S/C16H17BrFN3O5/c1-9-14(19-12-4-3-10(17)7-11(12)18)13(8-21(2)15(9)23)26-16(24)20-25-6-5-22/h3-4,7-8,19,22H,5-6H2,1-2H3,(H,20,24). The van der Waals surface area contributed by atoms with Gasteiger partial charge in [-0.25, -0.2) is 9.18 Å². The van der Waals surface area contributed by atoms with Gasteiger partial charge in [0.25, 0.3) is 5.56 Å². The van der Waals surface area contributed by atoms with Crippen molar-refractivity contribution in [3.8, 4) is 5.75 Å². The third-order valence-corrected chi connectivity index (χ3v) is 3.81. The zero-order valence-electron chi connectivity index (χ0n) is 14.0. The van der Waals surface area contributed by atoms with Crippen molar-refractivity contribution in [2.45, 2.75) is 6.92 Å². The normalized spacial score (nSPS) is 10.5. The smallest absolute Gasteiger partial charge is 0.405 e. The zero-order chi connectivity index (χ0) is 19.3. The molecule has 1 amide bonds. The lowest BCUT2D eigenvalue weighted by Crippen LogP contribution is -2.29. The van der Waals surface area contributed by atoms with E-state index in [1.807, 2.05) is 5.48 Å². The van der Waals surface area contributed by atoms with Gasteiger partial charge in [-0.2, -0.15) is 5.48 Å². The van der Waals surface area contributed by atoms with E-state index in [1.165, 1.54) is 36.9 Å². The number of anilines is 2. The second-order valence-electron chi connectivity index (χ2n) is 5.22. The van der Waals surface area contributed by atoms with Gasteiger partial charge in [0.1, 0.15) is 5.82 Å². The molecule has 10 heteroatoms. The maximum absolute atomic E-state index is 14.1. The Morgan fingerprint density at radius 1 is 1.42 bits per heavy atom. The number of aromatic nitrogens is 1. The van der Waals surface area contributed by atoms with Crippen LogP contribution in [-0.4, -0.2) is 29.0 Å². The van der Waals surface area contributed by atoms with Gasteiger partial charge < -0.3 is 19.7 Å². The number of pyridine rings is 1. The lowest BCUT2D eigenvalue weighted by molar-refractivity contribution is 0.0246. The number of hydroxylamine groups is 1. The molecule has 26 heavy (non-hydrogen) atoms. The molecule has 2 aromatic rings. The van der Waals surface area contributed by atoms with Gasteiger partial charge >= 0.3 is 6.09 Å². The third kappa shape index (κ3) is 4.81. The van der Waals surface area contributed by atoms with E-state index in [-0.39, 0.29) is 41.5 Å². The van der Waals surface area contributed by atoms with Gasteiger partial charge in [0.2, 0.25) is 0 Å². The summed E-state index contributed by atoms with van der Waals surface area (Å²) in [6.07, 6.45) is 0.330. The zero-order valence-corrected chi connectivity index (χ0v) is 15.6. The Hall–Kier alpha value is -2.43. The molecule has 0 radical (unpaired) electrons. The van der Waals surface area contributed by atoms with Crippen LogP contribution in [0.2, 0.25) is 0 Å². The topological polar surface area (TPSA) is 102 Å². The molecule has 0 fully saturated rings. The molecule has 140 valence electrons. The van der Waals surface area contributed by atoms with E-state index in [1.54, 1.807) is 6.07 Å². The monoisotopic (exact) mass is 429 g/mol. The van der Waals surface area contributed by atoms with Crippen molar-refractivity contribution >= 4 is 33.4 Å². The molecule has 1 heterocycles. The number of carbonyl (C=O) groups excluding carboxylic acids is 1. The van der Waals surface area contributed by atoms with Crippen LogP contribution >= 0.6 is 15.9 Å². The Morgan fingerprint density at radius 2 is 2.15 bits per heavy atom. The van der Waals surface area contributed by atoms with Crippen molar-refractivity contribution in [3.05, 3.63) is 50.6 Å². The van der Waals surface area contributed by atoms with Gasteiger partial charge in [0.05, 0.1) is 30.8 Å². The second kappa shape index (κ2) is 8.79. The highest BCUT2D eigenvalue weighted by atomic mass is 79.9. The summed E-state index contributed by atoms with van der Waals surface area (Å²) < 4.78 is 21.0. The van der Waals surface area contributed by atoms with Crippen LogP contribution in [0.4, 0.5) is 20.6 Å². The fourth-order valence-corrected chi connectivity index (χ4v) is 2.42. The fourth-order valence-electron chi connectivity index (χ4n) is 2.09. The Morgan fingerprint density at radius 3 is 2.81 bits per heavy atom. The van der Waals surface area contributed by atoms with Crippen LogP contribution in [0.5, 0.6) is 5.75 Å². The number of aryl methyl sites for hydroxylation is 1. The Balaban J connectivity index is 2.35. The minimum atomic E-state index is -0.962. The number of rotatable bonds is 6. The molecule has 1 aromatic heterocycles. The minimum Gasteiger partial charge on any atom is -0.405 e. The lowest BCUT2D eigenvalue weighted by Gasteiger charge is -2.16. The number of hydrogen-bond donors (Lipinski definition) is 3. The highest BCUT2D eigenvalue weighted by Gasteiger charge is 2.17. The van der Waals surface area contributed by atoms with Crippen molar-refractivity contribution in [3.63, 3.8) is 0 Å². The van der Waals surface area contributed by atoms with Gasteiger partial charge in [0.15, 0.2) is 5.75 Å². The Bertz CT molecular complexity index is 872. The molecule has 0 saturated heterocycles. The van der Waals surface area contributed by atoms with E-state index in [9.17, 15) is 14.0 Å². The number of benzene rings is 1. The van der Waals surface area contributed by atoms with Gasteiger partial charge in [-0.1, -0.05) is 15.9 Å². The van der Waals surface area contributed by atoms with Crippen LogP contribution in [0.3, 0.4) is 0 Å². The molecule has 3 N–H and O–H groups in total. The Labute approximate surface area is 156 Å². The maximum atomic E-state index is 14.1. The highest BCUT2D eigenvalue weighted by molar-refractivity contribution is 9.10.